The first-order chi connectivity index (χ1) is 13.3. The van der Waals surface area contributed by atoms with E-state index in [2.05, 4.69) is 5.32 Å². The van der Waals surface area contributed by atoms with E-state index in [0.717, 1.165) is 12.8 Å². The zero-order valence-corrected chi connectivity index (χ0v) is 17.2. The second-order valence-electron chi connectivity index (χ2n) is 7.66. The molecule has 2 amide bonds. The van der Waals surface area contributed by atoms with Crippen LogP contribution in [0.2, 0.25) is 0 Å². The van der Waals surface area contributed by atoms with Crippen molar-refractivity contribution in [2.75, 3.05) is 6.61 Å². The minimum Gasteiger partial charge on any atom is -0.464 e. The number of nitrogens with two attached hydrogens (primary N) is 1. The monoisotopic (exact) mass is 405 g/mol. The molecule has 2 fully saturated rings. The number of carbonyl (C=O) groups is 3. The van der Waals surface area contributed by atoms with Gasteiger partial charge in [0.15, 0.2) is 0 Å². The average molecular weight is 406 g/mol. The van der Waals surface area contributed by atoms with Crippen LogP contribution >= 0.6 is 11.8 Å². The highest BCUT2D eigenvalue weighted by atomic mass is 32.2. The van der Waals surface area contributed by atoms with E-state index >= 15 is 0 Å². The Kier molecular flexibility index (Phi) is 6.00. The number of carbonyl (C=O) groups excluding carboxylic acids is 3. The maximum Gasteiger partial charge on any atom is 0.330 e. The smallest absolute Gasteiger partial charge is 0.330 e. The Morgan fingerprint density at radius 2 is 2.00 bits per heavy atom. The lowest BCUT2D eigenvalue weighted by Crippen LogP contribution is -2.71. The molecule has 3 N–H and O–H groups in total. The summed E-state index contributed by atoms with van der Waals surface area (Å²) in [4.78, 5) is 39.3. The van der Waals surface area contributed by atoms with Gasteiger partial charge in [-0.1, -0.05) is 43.7 Å². The largest absolute Gasteiger partial charge is 0.464 e. The van der Waals surface area contributed by atoms with Gasteiger partial charge in [0.1, 0.15) is 23.5 Å². The van der Waals surface area contributed by atoms with E-state index < -0.39 is 28.8 Å². The summed E-state index contributed by atoms with van der Waals surface area (Å²) in [6.07, 6.45) is 1.72. The predicted octanol–water partition coefficient (Wildman–Crippen LogP) is 1.58. The van der Waals surface area contributed by atoms with E-state index in [4.69, 9.17) is 10.5 Å². The number of ether oxygens (including phenoxy) is 1. The lowest BCUT2D eigenvalue weighted by atomic mass is 9.95. The fourth-order valence-corrected chi connectivity index (χ4v) is 5.20. The molecule has 1 aromatic rings. The molecule has 0 radical (unpaired) electrons. The minimum atomic E-state index is -0.850. The lowest BCUT2D eigenvalue weighted by Gasteiger charge is -2.44. The highest BCUT2D eigenvalue weighted by Crippen LogP contribution is 2.51. The molecule has 4 atom stereocenters. The number of hydrogen-bond donors (Lipinski definition) is 2. The molecule has 28 heavy (non-hydrogen) atoms. The zero-order chi connectivity index (χ0) is 20.5. The Morgan fingerprint density at radius 1 is 1.32 bits per heavy atom. The van der Waals surface area contributed by atoms with Crippen molar-refractivity contribution in [3.63, 3.8) is 0 Å². The van der Waals surface area contributed by atoms with Gasteiger partial charge in [0.2, 0.25) is 11.8 Å². The Balaban J connectivity index is 1.66. The standard InChI is InChI=1S/C20H27N3O4S/c1-4-5-11-27-19(26)15-20(2,3)28-18-14(17(25)23(15)18)22-16(24)13(21)12-9-7-6-8-10-12/h6-10,13-15,18H,4-5,11,21H2,1-3H3,(H,22,24)/t13-,14-,15+,18-/m1/s1. The highest BCUT2D eigenvalue weighted by Gasteiger charge is 2.64. The van der Waals surface area contributed by atoms with Gasteiger partial charge in [-0.15, -0.1) is 11.8 Å². The van der Waals surface area contributed by atoms with Gasteiger partial charge in [-0.05, 0) is 25.8 Å². The van der Waals surface area contributed by atoms with Crippen LogP contribution in [0, 0.1) is 0 Å². The summed E-state index contributed by atoms with van der Waals surface area (Å²) in [6, 6.07) is 6.83. The Bertz CT molecular complexity index is 755. The third-order valence-corrected chi connectivity index (χ3v) is 6.72. The predicted molar refractivity (Wildman–Crippen MR) is 107 cm³/mol. The first-order valence-corrected chi connectivity index (χ1v) is 10.4. The number of nitrogens with one attached hydrogen (secondary N) is 1. The van der Waals surface area contributed by atoms with Gasteiger partial charge < -0.3 is 20.7 Å². The number of hydrogen-bond acceptors (Lipinski definition) is 6. The van der Waals surface area contributed by atoms with Crippen molar-refractivity contribution in [2.45, 2.75) is 61.9 Å². The van der Waals surface area contributed by atoms with E-state index in [0.29, 0.717) is 12.2 Å². The van der Waals surface area contributed by atoms with E-state index in [1.54, 1.807) is 12.1 Å². The van der Waals surface area contributed by atoms with E-state index in [9.17, 15) is 14.4 Å². The van der Waals surface area contributed by atoms with E-state index in [1.165, 1.54) is 16.7 Å². The third kappa shape index (κ3) is 3.75. The summed E-state index contributed by atoms with van der Waals surface area (Å²) in [7, 11) is 0. The Morgan fingerprint density at radius 3 is 2.64 bits per heavy atom. The number of benzene rings is 1. The van der Waals surface area contributed by atoms with Crippen LogP contribution in [0.4, 0.5) is 0 Å². The van der Waals surface area contributed by atoms with Crippen molar-refractivity contribution in [2.24, 2.45) is 5.73 Å². The molecule has 2 aliphatic rings. The number of esters is 1. The molecule has 2 aliphatic heterocycles. The molecule has 3 rings (SSSR count). The van der Waals surface area contributed by atoms with Gasteiger partial charge in [-0.3, -0.25) is 9.59 Å². The molecule has 8 heteroatoms. The van der Waals surface area contributed by atoms with E-state index in [-0.39, 0.29) is 17.3 Å². The maximum atomic E-state index is 12.7. The molecule has 152 valence electrons. The molecular formula is C20H27N3O4S. The highest BCUT2D eigenvalue weighted by molar-refractivity contribution is 8.01. The molecule has 0 unspecified atom stereocenters. The number of rotatable bonds is 7. The fraction of sp³-hybridized carbons (Fsp3) is 0.550. The quantitative estimate of drug-likeness (QED) is 0.406. The van der Waals surface area contributed by atoms with Crippen LogP contribution in [0.3, 0.4) is 0 Å². The maximum absolute atomic E-state index is 12.7. The number of β-lactam (4-membered cyclic amide) rings is 1. The van der Waals surface area contributed by atoms with Crippen LogP contribution in [0.1, 0.15) is 45.2 Å². The van der Waals surface area contributed by atoms with E-state index in [1.807, 2.05) is 39.0 Å². The second kappa shape index (κ2) is 8.13. The molecule has 0 saturated carbocycles. The number of fused-ring (bicyclic) bond motifs is 1. The van der Waals surface area contributed by atoms with Crippen LogP contribution in [-0.2, 0) is 19.1 Å². The topological polar surface area (TPSA) is 102 Å². The van der Waals surface area contributed by atoms with Gasteiger partial charge in [-0.2, -0.15) is 0 Å². The first kappa shape index (κ1) is 20.7. The van der Waals surface area contributed by atoms with Crippen molar-refractivity contribution in [1.29, 1.82) is 0 Å². The van der Waals surface area contributed by atoms with Gasteiger partial charge in [0.25, 0.3) is 0 Å². The van der Waals surface area contributed by atoms with Crippen molar-refractivity contribution in [3.8, 4) is 0 Å². The lowest BCUT2D eigenvalue weighted by molar-refractivity contribution is -0.164. The van der Waals surface area contributed by atoms with Crippen LogP contribution < -0.4 is 11.1 Å². The second-order valence-corrected chi connectivity index (χ2v) is 9.43. The minimum absolute atomic E-state index is 0.269. The fourth-order valence-electron chi connectivity index (χ4n) is 3.58. The van der Waals surface area contributed by atoms with Gasteiger partial charge in [-0.25, -0.2) is 4.79 Å². The van der Waals surface area contributed by atoms with Crippen molar-refractivity contribution in [1.82, 2.24) is 10.2 Å². The summed E-state index contributed by atoms with van der Waals surface area (Å²) in [6.45, 7) is 6.21. The molecule has 1 aromatic carbocycles. The van der Waals surface area contributed by atoms with Gasteiger partial charge >= 0.3 is 5.97 Å². The van der Waals surface area contributed by atoms with Crippen LogP contribution in [0.25, 0.3) is 0 Å². The Labute approximate surface area is 169 Å². The van der Waals surface area contributed by atoms with Crippen molar-refractivity contribution in [3.05, 3.63) is 35.9 Å². The van der Waals surface area contributed by atoms with Gasteiger partial charge in [0.05, 0.1) is 6.61 Å². The number of thioether (sulfide) groups is 1. The van der Waals surface area contributed by atoms with Crippen LogP contribution in [0.15, 0.2) is 30.3 Å². The summed E-state index contributed by atoms with van der Waals surface area (Å²) in [5, 5.41) is 2.46. The Hall–Kier alpha value is -2.06. The molecule has 0 spiro atoms. The first-order valence-electron chi connectivity index (χ1n) is 9.55. The molecular weight excluding hydrogens is 378 g/mol. The third-order valence-electron chi connectivity index (χ3n) is 5.15. The average Bonchev–Trinajstić information content (AvgIpc) is 2.94. The number of unbranched alkanes of at least 4 members (excludes halogenated alkanes) is 1. The normalized spacial score (nSPS) is 26.2. The molecule has 0 aromatic heterocycles. The molecule has 7 nitrogen and oxygen atoms in total. The number of nitrogens with zero attached hydrogens (tertiary/aromatic N) is 1. The van der Waals surface area contributed by atoms with Crippen LogP contribution in [-0.4, -0.2) is 51.5 Å². The summed E-state index contributed by atoms with van der Waals surface area (Å²) >= 11 is 1.50. The summed E-state index contributed by atoms with van der Waals surface area (Å²) < 4.78 is 4.87. The molecule has 0 aliphatic carbocycles. The zero-order valence-electron chi connectivity index (χ0n) is 16.4. The molecule has 2 heterocycles. The van der Waals surface area contributed by atoms with Crippen molar-refractivity contribution < 1.29 is 19.1 Å². The number of amides is 2. The summed E-state index contributed by atoms with van der Waals surface area (Å²) in [5.41, 5.74) is 6.71. The molecule has 0 bridgehead atoms. The summed E-state index contributed by atoms with van der Waals surface area (Å²) in [5.74, 6) is -1.06. The SMILES string of the molecule is CCCCOC(=O)[C@@H]1N2C(=O)[C@@H](NC(=O)[C@H](N)c3ccccc3)[C@H]2SC1(C)C. The van der Waals surface area contributed by atoms with Crippen molar-refractivity contribution >= 4 is 29.5 Å². The van der Waals surface area contributed by atoms with Gasteiger partial charge in [0, 0.05) is 4.75 Å². The van der Waals surface area contributed by atoms with Crippen LogP contribution in [0.5, 0.6) is 0 Å². The molecule has 2 saturated heterocycles.